The summed E-state index contributed by atoms with van der Waals surface area (Å²) in [6.07, 6.45) is 42.9. The minimum absolute atomic E-state index is 0.0644. The van der Waals surface area contributed by atoms with Crippen molar-refractivity contribution in [3.05, 3.63) is 0 Å². The fraction of sp³-hybridized carbons (Fsp3) is 0.964. The van der Waals surface area contributed by atoms with Gasteiger partial charge in [-0.2, -0.15) is 0 Å². The predicted octanol–water partition coefficient (Wildman–Crippen LogP) is 17.6. The van der Waals surface area contributed by atoms with E-state index in [-0.39, 0.29) is 11.9 Å². The molecule has 2 N–H and O–H groups in total. The molecule has 0 aliphatic carbocycles. The zero-order valence-corrected chi connectivity index (χ0v) is 44.4. The number of hydrogen-bond acceptors (Lipinski definition) is 6. The molecule has 2 atom stereocenters. The van der Waals surface area contributed by atoms with Crippen molar-refractivity contribution in [2.75, 3.05) is 40.0 Å². The average Bonchev–Trinajstić information content (AvgIpc) is 3.29. The third-order valence-corrected chi connectivity index (χ3v) is 10.7. The quantitative estimate of drug-likeness (QED) is 0.0362. The molecular formula is C55H119NO5. The maximum Gasteiger partial charge on any atom is 0.308 e. The van der Waals surface area contributed by atoms with E-state index in [9.17, 15) is 9.59 Å². The van der Waals surface area contributed by atoms with Gasteiger partial charge in [0.25, 0.3) is 0 Å². The Balaban J connectivity index is -0.000000206. The molecule has 0 aromatic heterocycles. The number of nitrogens with one attached hydrogen (secondary N) is 1. The van der Waals surface area contributed by atoms with Gasteiger partial charge < -0.3 is 24.7 Å². The summed E-state index contributed by atoms with van der Waals surface area (Å²) in [5.74, 6) is 0.531. The topological polar surface area (TPSA) is 84.9 Å². The number of ether oxygens (including phenoxy) is 2. The lowest BCUT2D eigenvalue weighted by Gasteiger charge is -2.16. The van der Waals surface area contributed by atoms with Gasteiger partial charge in [0.1, 0.15) is 6.29 Å². The van der Waals surface area contributed by atoms with E-state index in [2.05, 4.69) is 65.4 Å². The normalized spacial score (nSPS) is 11.1. The van der Waals surface area contributed by atoms with Crippen LogP contribution in [0, 0.1) is 11.8 Å². The zero-order valence-electron chi connectivity index (χ0n) is 44.4. The molecule has 0 radical (unpaired) electrons. The third kappa shape index (κ3) is 79.9. The van der Waals surface area contributed by atoms with Crippen LogP contribution in [0.15, 0.2) is 0 Å². The van der Waals surface area contributed by atoms with Gasteiger partial charge in [0.05, 0.1) is 12.5 Å². The van der Waals surface area contributed by atoms with Crippen molar-refractivity contribution in [1.29, 1.82) is 0 Å². The molecule has 0 aliphatic rings. The molecule has 6 nitrogen and oxygen atoms in total. The van der Waals surface area contributed by atoms with Gasteiger partial charge in [-0.15, -0.1) is 0 Å². The molecule has 0 aromatic carbocycles. The predicted molar refractivity (Wildman–Crippen MR) is 275 cm³/mol. The smallest absolute Gasteiger partial charge is 0.308 e. The summed E-state index contributed by atoms with van der Waals surface area (Å²) in [6.45, 7) is 27.4. The highest BCUT2D eigenvalue weighted by molar-refractivity contribution is 5.72. The molecule has 0 aliphatic heterocycles. The molecule has 0 heterocycles. The lowest BCUT2D eigenvalue weighted by atomic mass is 9.94. The Morgan fingerprint density at radius 3 is 1.20 bits per heavy atom. The third-order valence-electron chi connectivity index (χ3n) is 10.7. The van der Waals surface area contributed by atoms with E-state index in [1.807, 2.05) is 20.8 Å². The van der Waals surface area contributed by atoms with E-state index in [1.165, 1.54) is 173 Å². The Kier molecular flexibility index (Phi) is 89.6. The van der Waals surface area contributed by atoms with Crippen LogP contribution in [0.2, 0.25) is 0 Å². The van der Waals surface area contributed by atoms with Gasteiger partial charge in [0, 0.05) is 26.2 Å². The molecule has 0 spiro atoms. The minimum atomic E-state index is 0.0644. The van der Waals surface area contributed by atoms with E-state index >= 15 is 0 Å². The Bertz CT molecular complexity index is 681. The number of carbonyl (C=O) groups excluding carboxylic acids is 2. The van der Waals surface area contributed by atoms with Gasteiger partial charge in [0.2, 0.25) is 0 Å². The SMILES string of the molecule is CC.CCCC.CCCCC.CCCCCCCC(C=O)CCCCC.CCCCCCCCC(CCCCCCC)C(=O)OCCCCCCNCCCCO.CCOC. The van der Waals surface area contributed by atoms with Crippen molar-refractivity contribution in [2.45, 2.75) is 294 Å². The number of unbranched alkanes of at least 4 members (excludes halogenated alkanes) is 22. The standard InChI is InChI=1S/C27H55NO3.C14H28O.C5H12.C4H10.C3H8O.C2H6/c1-3-5-7-9-11-15-21-26(20-14-10-8-6-4-2)27(30)31-25-19-13-12-16-22-28-23-17-18-24-29;1-3-5-7-8-10-12-14(13-15)11-9-6-4-2;1-3-5-4-2;2*1-3-4-2;1-2/h26,28-29H,3-25H2,1-2H3;13-14H,3-12H2,1-2H3;3-5H2,1-2H3;3-4H2,1-2H3;3H2,1-2H3;1-2H3. The highest BCUT2D eigenvalue weighted by Crippen LogP contribution is 2.21. The van der Waals surface area contributed by atoms with Gasteiger partial charge in [-0.05, 0) is 71.4 Å². The highest BCUT2D eigenvalue weighted by atomic mass is 16.5. The first-order chi connectivity index (χ1) is 29.8. The lowest BCUT2D eigenvalue weighted by Crippen LogP contribution is -2.19. The monoisotopic (exact) mass is 874 g/mol. The molecule has 0 aromatic rings. The van der Waals surface area contributed by atoms with Crippen LogP contribution in [0.5, 0.6) is 0 Å². The Morgan fingerprint density at radius 2 is 0.820 bits per heavy atom. The van der Waals surface area contributed by atoms with Crippen LogP contribution in [0.4, 0.5) is 0 Å². The van der Waals surface area contributed by atoms with Gasteiger partial charge >= 0.3 is 5.97 Å². The first-order valence-electron chi connectivity index (χ1n) is 27.3. The van der Waals surface area contributed by atoms with Crippen molar-refractivity contribution in [1.82, 2.24) is 5.32 Å². The van der Waals surface area contributed by atoms with Gasteiger partial charge in [-0.25, -0.2) is 0 Å². The number of methoxy groups -OCH3 is 1. The number of rotatable bonds is 40. The largest absolute Gasteiger partial charge is 0.465 e. The van der Waals surface area contributed by atoms with E-state index in [0.29, 0.717) is 19.1 Å². The maximum atomic E-state index is 12.6. The molecular weight excluding hydrogens is 755 g/mol. The molecule has 0 amide bonds. The van der Waals surface area contributed by atoms with Crippen molar-refractivity contribution >= 4 is 12.3 Å². The van der Waals surface area contributed by atoms with Crippen LogP contribution in [0.25, 0.3) is 0 Å². The van der Waals surface area contributed by atoms with Crippen LogP contribution in [-0.2, 0) is 19.1 Å². The van der Waals surface area contributed by atoms with Gasteiger partial charge in [-0.3, -0.25) is 4.79 Å². The fourth-order valence-electron chi connectivity index (χ4n) is 6.33. The highest BCUT2D eigenvalue weighted by Gasteiger charge is 2.19. The summed E-state index contributed by atoms with van der Waals surface area (Å²) in [4.78, 5) is 23.5. The molecule has 0 bridgehead atoms. The van der Waals surface area contributed by atoms with Crippen LogP contribution in [0.1, 0.15) is 294 Å². The van der Waals surface area contributed by atoms with Gasteiger partial charge in [-0.1, -0.05) is 236 Å². The maximum absolute atomic E-state index is 12.6. The van der Waals surface area contributed by atoms with E-state index in [4.69, 9.17) is 9.84 Å². The molecule has 0 saturated carbocycles. The molecule has 2 unspecified atom stereocenters. The van der Waals surface area contributed by atoms with Crippen LogP contribution < -0.4 is 5.32 Å². The summed E-state index contributed by atoms with van der Waals surface area (Å²) >= 11 is 0. The minimum Gasteiger partial charge on any atom is -0.465 e. The molecule has 61 heavy (non-hydrogen) atoms. The first-order valence-corrected chi connectivity index (χ1v) is 27.3. The summed E-state index contributed by atoms with van der Waals surface area (Å²) < 4.78 is 10.2. The number of aliphatic hydroxyl groups is 1. The molecule has 6 heteroatoms. The summed E-state index contributed by atoms with van der Waals surface area (Å²) in [6, 6.07) is 0. The number of aldehydes is 1. The second-order valence-electron chi connectivity index (χ2n) is 16.7. The van der Waals surface area contributed by atoms with Crippen molar-refractivity contribution < 1.29 is 24.2 Å². The lowest BCUT2D eigenvalue weighted by molar-refractivity contribution is -0.149. The number of hydrogen-bond donors (Lipinski definition) is 2. The average molecular weight is 875 g/mol. The number of esters is 1. The Labute approximate surface area is 386 Å². The number of aliphatic hydroxyl groups excluding tert-OH is 1. The molecule has 0 saturated heterocycles. The van der Waals surface area contributed by atoms with Crippen molar-refractivity contribution in [3.63, 3.8) is 0 Å². The summed E-state index contributed by atoms with van der Waals surface area (Å²) in [5, 5.41) is 12.2. The van der Waals surface area contributed by atoms with E-state index < -0.39 is 0 Å². The summed E-state index contributed by atoms with van der Waals surface area (Å²) in [5.41, 5.74) is 0. The molecule has 0 rings (SSSR count). The van der Waals surface area contributed by atoms with Crippen LogP contribution in [-0.4, -0.2) is 57.4 Å². The first kappa shape index (κ1) is 71.6. The van der Waals surface area contributed by atoms with E-state index in [0.717, 1.165) is 71.1 Å². The Hall–Kier alpha value is -0.980. The molecule has 374 valence electrons. The number of carbonyl (C=O) groups is 2. The van der Waals surface area contributed by atoms with Gasteiger partial charge in [0.15, 0.2) is 0 Å². The van der Waals surface area contributed by atoms with E-state index in [1.54, 1.807) is 7.11 Å². The second kappa shape index (κ2) is 76.3. The Morgan fingerprint density at radius 1 is 0.475 bits per heavy atom. The van der Waals surface area contributed by atoms with Crippen LogP contribution >= 0.6 is 0 Å². The van der Waals surface area contributed by atoms with Crippen molar-refractivity contribution in [2.24, 2.45) is 11.8 Å². The molecule has 0 fully saturated rings. The van der Waals surface area contributed by atoms with Crippen molar-refractivity contribution in [3.8, 4) is 0 Å². The fourth-order valence-corrected chi connectivity index (χ4v) is 6.33. The summed E-state index contributed by atoms with van der Waals surface area (Å²) in [7, 11) is 1.68. The second-order valence-corrected chi connectivity index (χ2v) is 16.7. The van der Waals surface area contributed by atoms with Crippen LogP contribution in [0.3, 0.4) is 0 Å². The zero-order chi connectivity index (χ0) is 47.1.